The van der Waals surface area contributed by atoms with Crippen LogP contribution in [-0.2, 0) is 6.61 Å². The van der Waals surface area contributed by atoms with E-state index in [0.29, 0.717) is 17.1 Å². The quantitative estimate of drug-likeness (QED) is 0.122. The standard InChI is InChI=1S/C28H26N4O6/c1-4-16-36-27-21(6-5-7-25(27)32(34)35)17-29-30-28(33)26-15-14-24(38-26)18-37-23-12-10-22(11-13-23)31-19(2)8-9-20(31)3/h4-15,17H,1,16,18H2,2-3H3,(H,30,33)/b29-17+. The number of hydrogen-bond donors (Lipinski definition) is 1. The van der Waals surface area contributed by atoms with Gasteiger partial charge in [-0.3, -0.25) is 14.9 Å². The summed E-state index contributed by atoms with van der Waals surface area (Å²) in [6.45, 7) is 7.86. The summed E-state index contributed by atoms with van der Waals surface area (Å²) in [4.78, 5) is 23.2. The van der Waals surface area contributed by atoms with Crippen LogP contribution in [0.5, 0.6) is 11.5 Å². The number of carbonyl (C=O) groups excluding carboxylic acids is 1. The number of aromatic nitrogens is 1. The summed E-state index contributed by atoms with van der Waals surface area (Å²) in [5.41, 5.74) is 5.78. The van der Waals surface area contributed by atoms with E-state index in [0.717, 1.165) is 17.1 Å². The van der Waals surface area contributed by atoms with Gasteiger partial charge in [0.05, 0.1) is 11.1 Å². The highest BCUT2D eigenvalue weighted by atomic mass is 16.6. The van der Waals surface area contributed by atoms with Crippen molar-refractivity contribution in [3.63, 3.8) is 0 Å². The molecule has 1 amide bonds. The number of nitrogens with one attached hydrogen (secondary N) is 1. The van der Waals surface area contributed by atoms with Crippen molar-refractivity contribution in [3.05, 3.63) is 118 Å². The molecule has 10 heteroatoms. The number of carbonyl (C=O) groups is 1. The van der Waals surface area contributed by atoms with Gasteiger partial charge < -0.3 is 18.5 Å². The smallest absolute Gasteiger partial charge is 0.311 e. The number of nitro groups is 1. The molecule has 2 aromatic carbocycles. The molecule has 0 fully saturated rings. The predicted octanol–water partition coefficient (Wildman–Crippen LogP) is 5.50. The van der Waals surface area contributed by atoms with Crippen LogP contribution in [0, 0.1) is 24.0 Å². The fourth-order valence-electron chi connectivity index (χ4n) is 3.80. The van der Waals surface area contributed by atoms with Gasteiger partial charge in [-0.25, -0.2) is 5.43 Å². The zero-order valence-corrected chi connectivity index (χ0v) is 20.9. The second kappa shape index (κ2) is 11.7. The molecule has 0 atom stereocenters. The molecule has 4 rings (SSSR count). The molecule has 0 aliphatic rings. The molecule has 0 radical (unpaired) electrons. The number of furan rings is 1. The van der Waals surface area contributed by atoms with E-state index in [1.54, 1.807) is 12.1 Å². The Bertz CT molecular complexity index is 1460. The molecule has 38 heavy (non-hydrogen) atoms. The van der Waals surface area contributed by atoms with E-state index < -0.39 is 10.8 Å². The minimum absolute atomic E-state index is 0.0273. The highest BCUT2D eigenvalue weighted by Gasteiger charge is 2.18. The van der Waals surface area contributed by atoms with E-state index in [1.165, 1.54) is 30.5 Å². The van der Waals surface area contributed by atoms with E-state index in [4.69, 9.17) is 13.9 Å². The molecule has 4 aromatic rings. The van der Waals surface area contributed by atoms with Crippen LogP contribution in [0.3, 0.4) is 0 Å². The van der Waals surface area contributed by atoms with Crippen LogP contribution < -0.4 is 14.9 Å². The Hall–Kier alpha value is -5.12. The lowest BCUT2D eigenvalue weighted by atomic mass is 10.2. The molecule has 0 spiro atoms. The maximum Gasteiger partial charge on any atom is 0.311 e. The Labute approximate surface area is 219 Å². The molecule has 2 aromatic heterocycles. The number of aryl methyl sites for hydroxylation is 2. The molecule has 10 nitrogen and oxygen atoms in total. The predicted molar refractivity (Wildman–Crippen MR) is 142 cm³/mol. The van der Waals surface area contributed by atoms with Crippen LogP contribution >= 0.6 is 0 Å². The molecule has 0 aliphatic carbocycles. The van der Waals surface area contributed by atoms with Gasteiger partial charge in [-0.05, 0) is 68.4 Å². The van der Waals surface area contributed by atoms with Crippen molar-refractivity contribution in [3.8, 4) is 17.2 Å². The molecule has 1 N–H and O–H groups in total. The Balaban J connectivity index is 1.35. The number of benzene rings is 2. The van der Waals surface area contributed by atoms with Crippen molar-refractivity contribution in [1.82, 2.24) is 9.99 Å². The van der Waals surface area contributed by atoms with E-state index in [1.807, 2.05) is 24.3 Å². The van der Waals surface area contributed by atoms with Crippen molar-refractivity contribution in [1.29, 1.82) is 0 Å². The van der Waals surface area contributed by atoms with Crippen molar-refractivity contribution < 1.29 is 23.6 Å². The summed E-state index contributed by atoms with van der Waals surface area (Å²) >= 11 is 0. The first-order valence-electron chi connectivity index (χ1n) is 11.7. The number of hydrazone groups is 1. The Morgan fingerprint density at radius 1 is 1.08 bits per heavy atom. The second-order valence-electron chi connectivity index (χ2n) is 8.25. The molecule has 0 saturated carbocycles. The molecule has 2 heterocycles. The third-order valence-electron chi connectivity index (χ3n) is 5.57. The number of para-hydroxylation sites is 1. The first-order valence-corrected chi connectivity index (χ1v) is 11.7. The minimum Gasteiger partial charge on any atom is -0.486 e. The molecular weight excluding hydrogens is 488 g/mol. The maximum absolute atomic E-state index is 12.4. The van der Waals surface area contributed by atoms with E-state index in [-0.39, 0.29) is 30.4 Å². The number of hydrogen-bond acceptors (Lipinski definition) is 7. The van der Waals surface area contributed by atoms with Gasteiger partial charge in [-0.15, -0.1) is 0 Å². The molecule has 0 unspecified atom stereocenters. The zero-order chi connectivity index (χ0) is 27.1. The van der Waals surface area contributed by atoms with Crippen molar-refractivity contribution in [2.45, 2.75) is 20.5 Å². The minimum atomic E-state index is -0.590. The van der Waals surface area contributed by atoms with Crippen LogP contribution in [0.15, 0.2) is 88.9 Å². The maximum atomic E-state index is 12.4. The zero-order valence-electron chi connectivity index (χ0n) is 20.9. The summed E-state index contributed by atoms with van der Waals surface area (Å²) in [7, 11) is 0. The lowest BCUT2D eigenvalue weighted by molar-refractivity contribution is -0.385. The fraction of sp³-hybridized carbons (Fsp3) is 0.143. The van der Waals surface area contributed by atoms with Crippen molar-refractivity contribution in [2.24, 2.45) is 5.10 Å². The van der Waals surface area contributed by atoms with Gasteiger partial charge in [0.15, 0.2) is 5.76 Å². The number of nitrogens with zero attached hydrogens (tertiary/aromatic N) is 3. The summed E-state index contributed by atoms with van der Waals surface area (Å²) < 4.78 is 18.9. The van der Waals surface area contributed by atoms with Crippen LogP contribution in [-0.4, -0.2) is 28.2 Å². The van der Waals surface area contributed by atoms with Crippen molar-refractivity contribution >= 4 is 17.8 Å². The van der Waals surface area contributed by atoms with Crippen molar-refractivity contribution in [2.75, 3.05) is 6.61 Å². The van der Waals surface area contributed by atoms with E-state index in [9.17, 15) is 14.9 Å². The molecule has 194 valence electrons. The normalized spacial score (nSPS) is 10.9. The fourth-order valence-corrected chi connectivity index (χ4v) is 3.80. The number of nitro benzene ring substituents is 1. The van der Waals surface area contributed by atoms with Gasteiger partial charge in [0.1, 0.15) is 24.7 Å². The Morgan fingerprint density at radius 3 is 2.50 bits per heavy atom. The van der Waals surface area contributed by atoms with E-state index in [2.05, 4.69) is 47.7 Å². The lowest BCUT2D eigenvalue weighted by Crippen LogP contribution is -2.17. The van der Waals surface area contributed by atoms with Gasteiger partial charge in [0.2, 0.25) is 5.75 Å². The first-order chi connectivity index (χ1) is 18.4. The number of ether oxygens (including phenoxy) is 2. The largest absolute Gasteiger partial charge is 0.486 e. The number of rotatable bonds is 11. The number of amides is 1. The second-order valence-corrected chi connectivity index (χ2v) is 8.25. The average Bonchev–Trinajstić information content (AvgIpc) is 3.53. The monoisotopic (exact) mass is 514 g/mol. The van der Waals surface area contributed by atoms with Gasteiger partial charge in [0.25, 0.3) is 0 Å². The van der Waals surface area contributed by atoms with Gasteiger partial charge in [-0.1, -0.05) is 18.7 Å². The summed E-state index contributed by atoms with van der Waals surface area (Å²) in [6, 6.07) is 19.4. The SMILES string of the molecule is C=CCOc1c(/C=N/NC(=O)c2ccc(COc3ccc(-n4c(C)ccc4C)cc3)o2)cccc1[N+](=O)[O-]. The summed E-state index contributed by atoms with van der Waals surface area (Å²) in [5.74, 6) is 0.596. The summed E-state index contributed by atoms with van der Waals surface area (Å²) in [6.07, 6.45) is 2.73. The van der Waals surface area contributed by atoms with Crippen LogP contribution in [0.2, 0.25) is 0 Å². The Morgan fingerprint density at radius 2 is 1.82 bits per heavy atom. The lowest BCUT2D eigenvalue weighted by Gasteiger charge is -2.10. The van der Waals surface area contributed by atoms with Gasteiger partial charge in [-0.2, -0.15) is 5.10 Å². The van der Waals surface area contributed by atoms with E-state index >= 15 is 0 Å². The molecule has 0 aliphatic heterocycles. The van der Waals surface area contributed by atoms with Gasteiger partial charge in [0, 0.05) is 28.7 Å². The molecule has 0 bridgehead atoms. The first kappa shape index (κ1) is 26.0. The van der Waals surface area contributed by atoms with Crippen LogP contribution in [0.25, 0.3) is 5.69 Å². The topological polar surface area (TPSA) is 121 Å². The van der Waals surface area contributed by atoms with Gasteiger partial charge >= 0.3 is 11.6 Å². The highest BCUT2D eigenvalue weighted by molar-refractivity contribution is 5.93. The van der Waals surface area contributed by atoms with Crippen LogP contribution in [0.4, 0.5) is 5.69 Å². The summed E-state index contributed by atoms with van der Waals surface area (Å²) in [5, 5.41) is 15.2. The molecule has 0 saturated heterocycles. The Kier molecular flexibility index (Phi) is 8.02. The third kappa shape index (κ3) is 5.98. The third-order valence-corrected chi connectivity index (χ3v) is 5.57. The molecular formula is C28H26N4O6. The average molecular weight is 515 g/mol. The highest BCUT2D eigenvalue weighted by Crippen LogP contribution is 2.30. The van der Waals surface area contributed by atoms with Crippen LogP contribution in [0.1, 0.15) is 33.3 Å².